The van der Waals surface area contributed by atoms with Gasteiger partial charge in [-0.25, -0.2) is 4.98 Å². The van der Waals surface area contributed by atoms with Crippen LogP contribution in [0.25, 0.3) is 11.3 Å². The van der Waals surface area contributed by atoms with Crippen molar-refractivity contribution in [3.05, 3.63) is 40.9 Å². The molecule has 6 heteroatoms. The number of amides is 1. The van der Waals surface area contributed by atoms with Crippen LogP contribution in [0.1, 0.15) is 24.4 Å². The molecule has 23 heavy (non-hydrogen) atoms. The van der Waals surface area contributed by atoms with E-state index in [-0.39, 0.29) is 18.4 Å². The van der Waals surface area contributed by atoms with Gasteiger partial charge in [-0.2, -0.15) is 0 Å². The molecule has 1 fully saturated rings. The van der Waals surface area contributed by atoms with Crippen LogP contribution in [0, 0.1) is 12.8 Å². The standard InChI is InChI=1S/C17H19ClN2O3/c1-11-16(12-4-6-14(18)7-5-12)23-15(20-11)9-19-17(21)13-3-2-8-22-10-13/h4-7,13H,2-3,8-10H2,1H3,(H,19,21). The van der Waals surface area contributed by atoms with Crippen LogP contribution in [0.5, 0.6) is 0 Å². The predicted molar refractivity (Wildman–Crippen MR) is 87.1 cm³/mol. The fourth-order valence-corrected chi connectivity index (χ4v) is 2.78. The summed E-state index contributed by atoms with van der Waals surface area (Å²) >= 11 is 5.90. The van der Waals surface area contributed by atoms with E-state index in [1.165, 1.54) is 0 Å². The highest BCUT2D eigenvalue weighted by Gasteiger charge is 2.22. The van der Waals surface area contributed by atoms with E-state index in [1.807, 2.05) is 31.2 Å². The summed E-state index contributed by atoms with van der Waals surface area (Å²) in [5.74, 6) is 1.12. The number of hydrogen-bond acceptors (Lipinski definition) is 4. The van der Waals surface area contributed by atoms with Crippen LogP contribution in [-0.2, 0) is 16.1 Å². The maximum Gasteiger partial charge on any atom is 0.225 e. The first-order valence-electron chi connectivity index (χ1n) is 7.71. The van der Waals surface area contributed by atoms with E-state index in [4.69, 9.17) is 20.8 Å². The summed E-state index contributed by atoms with van der Waals surface area (Å²) in [6, 6.07) is 7.39. The number of rotatable bonds is 4. The van der Waals surface area contributed by atoms with Crippen molar-refractivity contribution in [1.29, 1.82) is 0 Å². The summed E-state index contributed by atoms with van der Waals surface area (Å²) in [5.41, 5.74) is 1.70. The lowest BCUT2D eigenvalue weighted by molar-refractivity contribution is -0.129. The van der Waals surface area contributed by atoms with Crippen molar-refractivity contribution in [2.75, 3.05) is 13.2 Å². The van der Waals surface area contributed by atoms with Crippen molar-refractivity contribution in [2.45, 2.75) is 26.3 Å². The van der Waals surface area contributed by atoms with Gasteiger partial charge in [-0.3, -0.25) is 4.79 Å². The van der Waals surface area contributed by atoms with Gasteiger partial charge in [0, 0.05) is 17.2 Å². The molecule has 122 valence electrons. The first-order valence-corrected chi connectivity index (χ1v) is 8.09. The van der Waals surface area contributed by atoms with Crippen LogP contribution >= 0.6 is 11.6 Å². The molecule has 2 heterocycles. The van der Waals surface area contributed by atoms with Crippen LogP contribution in [-0.4, -0.2) is 24.1 Å². The molecule has 1 unspecified atom stereocenters. The van der Waals surface area contributed by atoms with Gasteiger partial charge in [0.1, 0.15) is 0 Å². The van der Waals surface area contributed by atoms with Gasteiger partial charge in [-0.05, 0) is 44.0 Å². The number of aromatic nitrogens is 1. The third-order valence-corrected chi connectivity index (χ3v) is 4.14. The average molecular weight is 335 g/mol. The summed E-state index contributed by atoms with van der Waals surface area (Å²) in [4.78, 5) is 16.5. The quantitative estimate of drug-likeness (QED) is 0.931. The van der Waals surface area contributed by atoms with Crippen LogP contribution < -0.4 is 5.32 Å². The molecule has 1 amide bonds. The number of aryl methyl sites for hydroxylation is 1. The van der Waals surface area contributed by atoms with E-state index in [2.05, 4.69) is 10.3 Å². The van der Waals surface area contributed by atoms with Crippen LogP contribution in [0.3, 0.4) is 0 Å². The number of halogens is 1. The van der Waals surface area contributed by atoms with E-state index >= 15 is 0 Å². The first kappa shape index (κ1) is 16.0. The maximum absolute atomic E-state index is 12.1. The first-order chi connectivity index (χ1) is 11.1. The second-order valence-corrected chi connectivity index (χ2v) is 6.10. The molecule has 1 aromatic heterocycles. The van der Waals surface area contributed by atoms with Gasteiger partial charge < -0.3 is 14.5 Å². The minimum Gasteiger partial charge on any atom is -0.438 e. The lowest BCUT2D eigenvalue weighted by Gasteiger charge is -2.20. The zero-order chi connectivity index (χ0) is 16.2. The molecule has 1 aromatic carbocycles. The van der Waals surface area contributed by atoms with Crippen molar-refractivity contribution < 1.29 is 13.9 Å². The van der Waals surface area contributed by atoms with E-state index in [0.29, 0.717) is 23.3 Å². The predicted octanol–water partition coefficient (Wildman–Crippen LogP) is 3.35. The van der Waals surface area contributed by atoms with Gasteiger partial charge in [-0.1, -0.05) is 11.6 Å². The molecule has 0 spiro atoms. The summed E-state index contributed by atoms with van der Waals surface area (Å²) in [6.07, 6.45) is 1.80. The van der Waals surface area contributed by atoms with Crippen molar-refractivity contribution in [1.82, 2.24) is 10.3 Å². The average Bonchev–Trinajstić information content (AvgIpc) is 2.95. The Labute approximate surface area is 140 Å². The molecule has 1 aliphatic rings. The SMILES string of the molecule is Cc1nc(CNC(=O)C2CCCOC2)oc1-c1ccc(Cl)cc1. The maximum atomic E-state index is 12.1. The van der Waals surface area contributed by atoms with Crippen molar-refractivity contribution in [2.24, 2.45) is 5.92 Å². The van der Waals surface area contributed by atoms with Crippen molar-refractivity contribution in [3.8, 4) is 11.3 Å². The summed E-state index contributed by atoms with van der Waals surface area (Å²) in [7, 11) is 0. The van der Waals surface area contributed by atoms with E-state index in [1.54, 1.807) is 0 Å². The molecule has 0 radical (unpaired) electrons. The highest BCUT2D eigenvalue weighted by Crippen LogP contribution is 2.26. The lowest BCUT2D eigenvalue weighted by Crippen LogP contribution is -2.35. The molecule has 3 rings (SSSR count). The highest BCUT2D eigenvalue weighted by molar-refractivity contribution is 6.30. The minimum absolute atomic E-state index is 0.00593. The third-order valence-electron chi connectivity index (χ3n) is 3.89. The second kappa shape index (κ2) is 7.15. The lowest BCUT2D eigenvalue weighted by atomic mass is 10.0. The minimum atomic E-state index is -0.0736. The van der Waals surface area contributed by atoms with Crippen LogP contribution in [0.4, 0.5) is 0 Å². The largest absolute Gasteiger partial charge is 0.438 e. The monoisotopic (exact) mass is 334 g/mol. The van der Waals surface area contributed by atoms with E-state index < -0.39 is 0 Å². The second-order valence-electron chi connectivity index (χ2n) is 5.66. The molecule has 1 aliphatic heterocycles. The number of carbonyl (C=O) groups is 1. The van der Waals surface area contributed by atoms with Gasteiger partial charge in [0.25, 0.3) is 0 Å². The third kappa shape index (κ3) is 3.92. The Bertz CT molecular complexity index is 676. The molecule has 1 N–H and O–H groups in total. The van der Waals surface area contributed by atoms with Crippen molar-refractivity contribution >= 4 is 17.5 Å². The van der Waals surface area contributed by atoms with Gasteiger partial charge in [0.2, 0.25) is 11.8 Å². The molecular weight excluding hydrogens is 316 g/mol. The normalized spacial score (nSPS) is 17.9. The van der Waals surface area contributed by atoms with Crippen LogP contribution in [0.15, 0.2) is 28.7 Å². The molecule has 0 aliphatic carbocycles. The number of ether oxygens (including phenoxy) is 1. The zero-order valence-electron chi connectivity index (χ0n) is 13.0. The number of nitrogens with one attached hydrogen (secondary N) is 1. The van der Waals surface area contributed by atoms with Crippen LogP contribution in [0.2, 0.25) is 5.02 Å². The van der Waals surface area contributed by atoms with E-state index in [9.17, 15) is 4.79 Å². The summed E-state index contributed by atoms with van der Waals surface area (Å²) < 4.78 is 11.1. The molecule has 0 bridgehead atoms. The molecule has 1 saturated heterocycles. The Morgan fingerprint density at radius 1 is 1.39 bits per heavy atom. The molecule has 1 atom stereocenters. The number of carbonyl (C=O) groups excluding carboxylic acids is 1. The van der Waals surface area contributed by atoms with E-state index in [0.717, 1.165) is 30.7 Å². The summed E-state index contributed by atoms with van der Waals surface area (Å²) in [5, 5.41) is 3.55. The fourth-order valence-electron chi connectivity index (χ4n) is 2.65. The van der Waals surface area contributed by atoms with Crippen molar-refractivity contribution in [3.63, 3.8) is 0 Å². The molecule has 5 nitrogen and oxygen atoms in total. The zero-order valence-corrected chi connectivity index (χ0v) is 13.7. The van der Waals surface area contributed by atoms with Gasteiger partial charge in [0.15, 0.2) is 5.76 Å². The smallest absolute Gasteiger partial charge is 0.225 e. The number of benzene rings is 1. The summed E-state index contributed by atoms with van der Waals surface area (Å²) in [6.45, 7) is 3.40. The van der Waals surface area contributed by atoms with Gasteiger partial charge in [-0.15, -0.1) is 0 Å². The Hall–Kier alpha value is -1.85. The number of nitrogens with zero attached hydrogens (tertiary/aromatic N) is 1. The number of hydrogen-bond donors (Lipinski definition) is 1. The Morgan fingerprint density at radius 3 is 2.87 bits per heavy atom. The molecule has 0 saturated carbocycles. The molecular formula is C17H19ClN2O3. The highest BCUT2D eigenvalue weighted by atomic mass is 35.5. The Balaban J connectivity index is 1.64. The van der Waals surface area contributed by atoms with Gasteiger partial charge >= 0.3 is 0 Å². The Kier molecular flexibility index (Phi) is 4.98. The number of oxazole rings is 1. The van der Waals surface area contributed by atoms with Gasteiger partial charge in [0.05, 0.1) is 24.8 Å². The Morgan fingerprint density at radius 2 is 2.17 bits per heavy atom. The fraction of sp³-hybridized carbons (Fsp3) is 0.412. The molecule has 2 aromatic rings. The topological polar surface area (TPSA) is 64.4 Å².